The van der Waals surface area contributed by atoms with Crippen LogP contribution in [-0.2, 0) is 6.54 Å². The van der Waals surface area contributed by atoms with Crippen molar-refractivity contribution in [2.45, 2.75) is 32.2 Å². The minimum absolute atomic E-state index is 0.0715. The minimum Gasteiger partial charge on any atom is -0.348 e. The van der Waals surface area contributed by atoms with Gasteiger partial charge in [0.1, 0.15) is 5.82 Å². The van der Waals surface area contributed by atoms with Crippen LogP contribution < -0.4 is 10.5 Å². The van der Waals surface area contributed by atoms with E-state index in [1.807, 2.05) is 38.3 Å². The molecule has 0 bridgehead atoms. The highest BCUT2D eigenvalue weighted by molar-refractivity contribution is 5.28. The first-order valence-electron chi connectivity index (χ1n) is 8.51. The first-order valence-corrected chi connectivity index (χ1v) is 8.51. The fraction of sp³-hybridized carbons (Fsp3) is 0.588. The molecule has 0 spiro atoms. The first-order chi connectivity index (χ1) is 11.5. The fourth-order valence-corrected chi connectivity index (χ4v) is 3.27. The molecule has 3 rings (SSSR count). The van der Waals surface area contributed by atoms with Gasteiger partial charge in [-0.1, -0.05) is 0 Å². The minimum atomic E-state index is -0.0715. The highest BCUT2D eigenvalue weighted by atomic mass is 16.1. The molecule has 1 aliphatic rings. The van der Waals surface area contributed by atoms with E-state index in [1.165, 1.54) is 0 Å². The molecule has 0 saturated carbocycles. The highest BCUT2D eigenvalue weighted by Gasteiger charge is 2.25. The van der Waals surface area contributed by atoms with Crippen LogP contribution in [0.15, 0.2) is 23.3 Å². The van der Waals surface area contributed by atoms with Crippen molar-refractivity contribution >= 4 is 5.95 Å². The third-order valence-corrected chi connectivity index (χ3v) is 4.66. The molecule has 3 heterocycles. The summed E-state index contributed by atoms with van der Waals surface area (Å²) in [5.74, 6) is 2.05. The summed E-state index contributed by atoms with van der Waals surface area (Å²) in [6, 6.07) is 1.65. The number of imidazole rings is 1. The van der Waals surface area contributed by atoms with Crippen LogP contribution in [0.1, 0.15) is 30.3 Å². The Kier molecular flexibility index (Phi) is 4.99. The van der Waals surface area contributed by atoms with Crippen LogP contribution in [0.2, 0.25) is 0 Å². The molecule has 0 aromatic carbocycles. The lowest BCUT2D eigenvalue weighted by atomic mass is 10.1. The standard InChI is InChI=1S/C17H26N6O/c1-13-18-6-10-23(13)8-4-7-22-9-5-14(12-22)15-11-16(24)20-17(19-15)21(2)3/h6,10-11,14H,4-5,7-9,12H2,1-3H3,(H,19,20,24). The van der Waals surface area contributed by atoms with E-state index in [4.69, 9.17) is 0 Å². The molecule has 7 heteroatoms. The highest BCUT2D eigenvalue weighted by Crippen LogP contribution is 2.25. The lowest BCUT2D eigenvalue weighted by molar-refractivity contribution is 0.320. The molecule has 0 amide bonds. The second-order valence-electron chi connectivity index (χ2n) is 6.70. The molecular formula is C17H26N6O. The Morgan fingerprint density at radius 1 is 1.38 bits per heavy atom. The molecule has 0 radical (unpaired) electrons. The molecule has 2 aromatic rings. The molecule has 7 nitrogen and oxygen atoms in total. The van der Waals surface area contributed by atoms with E-state index in [9.17, 15) is 4.79 Å². The van der Waals surface area contributed by atoms with Gasteiger partial charge in [0, 0.05) is 51.6 Å². The maximum absolute atomic E-state index is 11.8. The topological polar surface area (TPSA) is 70.1 Å². The van der Waals surface area contributed by atoms with E-state index in [1.54, 1.807) is 6.07 Å². The van der Waals surface area contributed by atoms with Gasteiger partial charge in [-0.05, 0) is 32.9 Å². The summed E-state index contributed by atoms with van der Waals surface area (Å²) in [5.41, 5.74) is 0.841. The van der Waals surface area contributed by atoms with Crippen LogP contribution in [0, 0.1) is 6.92 Å². The van der Waals surface area contributed by atoms with Crippen LogP contribution in [0.25, 0.3) is 0 Å². The van der Waals surface area contributed by atoms with Crippen molar-refractivity contribution in [2.75, 3.05) is 38.6 Å². The zero-order valence-electron chi connectivity index (χ0n) is 14.7. The summed E-state index contributed by atoms with van der Waals surface area (Å²) < 4.78 is 2.19. The Bertz CT molecular complexity index is 735. The Hall–Kier alpha value is -2.15. The largest absolute Gasteiger partial charge is 0.348 e. The molecule has 1 unspecified atom stereocenters. The maximum atomic E-state index is 11.8. The van der Waals surface area contributed by atoms with Gasteiger partial charge < -0.3 is 14.4 Å². The molecular weight excluding hydrogens is 304 g/mol. The molecule has 1 atom stereocenters. The first kappa shape index (κ1) is 16.7. The van der Waals surface area contributed by atoms with Crippen molar-refractivity contribution in [3.05, 3.63) is 40.3 Å². The molecule has 1 saturated heterocycles. The lowest BCUT2D eigenvalue weighted by Gasteiger charge is -2.17. The molecule has 2 aromatic heterocycles. The molecule has 0 aliphatic carbocycles. The fourth-order valence-electron chi connectivity index (χ4n) is 3.27. The van der Waals surface area contributed by atoms with Gasteiger partial charge in [0.25, 0.3) is 5.56 Å². The summed E-state index contributed by atoms with van der Waals surface area (Å²) >= 11 is 0. The van der Waals surface area contributed by atoms with Crippen molar-refractivity contribution in [2.24, 2.45) is 0 Å². The van der Waals surface area contributed by atoms with E-state index in [2.05, 4.69) is 24.4 Å². The van der Waals surface area contributed by atoms with Crippen molar-refractivity contribution in [3.8, 4) is 0 Å². The number of anilines is 1. The van der Waals surface area contributed by atoms with Crippen LogP contribution in [-0.4, -0.2) is 58.1 Å². The van der Waals surface area contributed by atoms with Crippen molar-refractivity contribution < 1.29 is 0 Å². The van der Waals surface area contributed by atoms with Gasteiger partial charge >= 0.3 is 0 Å². The smallest absolute Gasteiger partial charge is 0.252 e. The number of hydrogen-bond donors (Lipinski definition) is 1. The van der Waals surface area contributed by atoms with Crippen LogP contribution in [0.5, 0.6) is 0 Å². The zero-order chi connectivity index (χ0) is 17.1. The van der Waals surface area contributed by atoms with E-state index in [-0.39, 0.29) is 5.56 Å². The Morgan fingerprint density at radius 3 is 2.92 bits per heavy atom. The van der Waals surface area contributed by atoms with Gasteiger partial charge in [-0.3, -0.25) is 9.78 Å². The maximum Gasteiger partial charge on any atom is 0.252 e. The Balaban J connectivity index is 1.55. The predicted molar refractivity (Wildman–Crippen MR) is 94.6 cm³/mol. The number of nitrogens with one attached hydrogen (secondary N) is 1. The molecule has 1 fully saturated rings. The van der Waals surface area contributed by atoms with Crippen molar-refractivity contribution in [1.29, 1.82) is 0 Å². The third kappa shape index (κ3) is 3.84. The van der Waals surface area contributed by atoms with Gasteiger partial charge in [-0.2, -0.15) is 0 Å². The van der Waals surface area contributed by atoms with Gasteiger partial charge in [-0.15, -0.1) is 0 Å². The van der Waals surface area contributed by atoms with Gasteiger partial charge in [0.05, 0.1) is 5.69 Å². The van der Waals surface area contributed by atoms with Crippen molar-refractivity contribution in [1.82, 2.24) is 24.4 Å². The summed E-state index contributed by atoms with van der Waals surface area (Å²) in [4.78, 5) is 27.8. The predicted octanol–water partition coefficient (Wildman–Crippen LogP) is 1.22. The van der Waals surface area contributed by atoms with Crippen LogP contribution in [0.4, 0.5) is 5.95 Å². The van der Waals surface area contributed by atoms with E-state index in [0.29, 0.717) is 11.9 Å². The van der Waals surface area contributed by atoms with E-state index < -0.39 is 0 Å². The number of hydrogen-bond acceptors (Lipinski definition) is 5. The summed E-state index contributed by atoms with van der Waals surface area (Å²) in [5, 5.41) is 0. The molecule has 1 N–H and O–H groups in total. The number of rotatable bonds is 6. The average molecular weight is 330 g/mol. The normalized spacial score (nSPS) is 18.2. The van der Waals surface area contributed by atoms with Gasteiger partial charge in [-0.25, -0.2) is 9.97 Å². The third-order valence-electron chi connectivity index (χ3n) is 4.66. The van der Waals surface area contributed by atoms with E-state index in [0.717, 1.165) is 50.5 Å². The quantitative estimate of drug-likeness (QED) is 0.862. The molecule has 1 aliphatic heterocycles. The zero-order valence-corrected chi connectivity index (χ0v) is 14.7. The second-order valence-corrected chi connectivity index (χ2v) is 6.70. The lowest BCUT2D eigenvalue weighted by Crippen LogP contribution is -2.24. The Labute approximate surface area is 142 Å². The van der Waals surface area contributed by atoms with Gasteiger partial charge in [0.2, 0.25) is 5.95 Å². The summed E-state index contributed by atoms with van der Waals surface area (Å²) in [6.45, 7) is 6.15. The van der Waals surface area contributed by atoms with Crippen molar-refractivity contribution in [3.63, 3.8) is 0 Å². The number of aromatic nitrogens is 4. The summed E-state index contributed by atoms with van der Waals surface area (Å²) in [6.07, 6.45) is 6.05. The monoisotopic (exact) mass is 330 g/mol. The van der Waals surface area contributed by atoms with E-state index >= 15 is 0 Å². The Morgan fingerprint density at radius 2 is 2.21 bits per heavy atom. The average Bonchev–Trinajstić information content (AvgIpc) is 3.16. The SMILES string of the molecule is Cc1nccn1CCCN1CCC(c2cc(=O)[nH]c(N(C)C)n2)C1. The van der Waals surface area contributed by atoms with Crippen LogP contribution in [0.3, 0.4) is 0 Å². The molecule has 130 valence electrons. The second kappa shape index (κ2) is 7.17. The molecule has 24 heavy (non-hydrogen) atoms. The summed E-state index contributed by atoms with van der Waals surface area (Å²) in [7, 11) is 3.78. The number of aromatic amines is 1. The number of aryl methyl sites for hydroxylation is 2. The number of likely N-dealkylation sites (tertiary alicyclic amines) is 1. The van der Waals surface area contributed by atoms with Crippen LogP contribution >= 0.6 is 0 Å². The number of nitrogens with zero attached hydrogens (tertiary/aromatic N) is 5. The number of H-pyrrole nitrogens is 1. The van der Waals surface area contributed by atoms with Gasteiger partial charge in [0.15, 0.2) is 0 Å².